The standard InChI is InChI=1S/C17H17ClN2O4S/c1-4-24-17(23)13-9(2)12(15(22)19-3)16(25-13)20-14(21)10-5-7-11(18)8-6-10/h5-8H,4H2,1-3H3,(H,19,22)(H,20,21). The van der Waals surface area contributed by atoms with Crippen molar-refractivity contribution in [3.8, 4) is 0 Å². The average molecular weight is 381 g/mol. The Bertz CT molecular complexity index is 815. The molecule has 132 valence electrons. The molecule has 0 spiro atoms. The van der Waals surface area contributed by atoms with Crippen molar-refractivity contribution in [3.05, 3.63) is 50.9 Å². The molecule has 0 radical (unpaired) electrons. The summed E-state index contributed by atoms with van der Waals surface area (Å²) in [6, 6.07) is 6.34. The summed E-state index contributed by atoms with van der Waals surface area (Å²) < 4.78 is 5.01. The fourth-order valence-corrected chi connectivity index (χ4v) is 3.39. The molecule has 8 heteroatoms. The molecule has 2 N–H and O–H groups in total. The van der Waals surface area contributed by atoms with Gasteiger partial charge in [0.2, 0.25) is 0 Å². The first kappa shape index (κ1) is 19.0. The van der Waals surface area contributed by atoms with Gasteiger partial charge in [-0.1, -0.05) is 11.6 Å². The van der Waals surface area contributed by atoms with E-state index < -0.39 is 17.8 Å². The number of carbonyl (C=O) groups is 3. The number of rotatable bonds is 5. The zero-order valence-electron chi connectivity index (χ0n) is 13.9. The number of hydrogen-bond acceptors (Lipinski definition) is 5. The minimum atomic E-state index is -0.526. The van der Waals surface area contributed by atoms with Gasteiger partial charge in [0, 0.05) is 17.6 Å². The molecule has 2 aromatic rings. The predicted molar refractivity (Wildman–Crippen MR) is 97.8 cm³/mol. The monoisotopic (exact) mass is 380 g/mol. The van der Waals surface area contributed by atoms with Crippen LogP contribution in [0.5, 0.6) is 0 Å². The van der Waals surface area contributed by atoms with Crippen LogP contribution < -0.4 is 10.6 Å². The number of esters is 1. The van der Waals surface area contributed by atoms with Crippen LogP contribution in [0.3, 0.4) is 0 Å². The van der Waals surface area contributed by atoms with Crippen LogP contribution in [0.25, 0.3) is 0 Å². The lowest BCUT2D eigenvalue weighted by atomic mass is 10.1. The van der Waals surface area contributed by atoms with Gasteiger partial charge < -0.3 is 15.4 Å². The lowest BCUT2D eigenvalue weighted by Crippen LogP contribution is -2.21. The van der Waals surface area contributed by atoms with E-state index >= 15 is 0 Å². The minimum Gasteiger partial charge on any atom is -0.462 e. The smallest absolute Gasteiger partial charge is 0.348 e. The number of carbonyl (C=O) groups excluding carboxylic acids is 3. The molecule has 0 aliphatic heterocycles. The SMILES string of the molecule is CCOC(=O)c1sc(NC(=O)c2ccc(Cl)cc2)c(C(=O)NC)c1C. The lowest BCUT2D eigenvalue weighted by molar-refractivity contribution is 0.0531. The van der Waals surface area contributed by atoms with Crippen LogP contribution in [-0.4, -0.2) is 31.4 Å². The zero-order chi connectivity index (χ0) is 18.6. The Morgan fingerprint density at radius 2 is 1.80 bits per heavy atom. The predicted octanol–water partition coefficient (Wildman–Crippen LogP) is 3.50. The second-order valence-corrected chi connectivity index (χ2v) is 6.48. The van der Waals surface area contributed by atoms with Gasteiger partial charge in [-0.3, -0.25) is 9.59 Å². The quantitative estimate of drug-likeness (QED) is 0.777. The van der Waals surface area contributed by atoms with Crippen LogP contribution in [0, 0.1) is 6.92 Å². The van der Waals surface area contributed by atoms with Crippen molar-refractivity contribution in [3.63, 3.8) is 0 Å². The largest absolute Gasteiger partial charge is 0.462 e. The molecule has 0 aliphatic rings. The maximum atomic E-state index is 12.4. The number of anilines is 1. The highest BCUT2D eigenvalue weighted by molar-refractivity contribution is 7.18. The summed E-state index contributed by atoms with van der Waals surface area (Å²) >= 11 is 6.83. The molecule has 0 atom stereocenters. The van der Waals surface area contributed by atoms with Gasteiger partial charge in [-0.15, -0.1) is 11.3 Å². The lowest BCUT2D eigenvalue weighted by Gasteiger charge is -2.06. The van der Waals surface area contributed by atoms with Crippen LogP contribution in [0.1, 0.15) is 42.9 Å². The second kappa shape index (κ2) is 8.13. The van der Waals surface area contributed by atoms with E-state index in [0.717, 1.165) is 11.3 Å². The number of nitrogens with one attached hydrogen (secondary N) is 2. The molecule has 1 aromatic heterocycles. The van der Waals surface area contributed by atoms with E-state index in [2.05, 4.69) is 10.6 Å². The van der Waals surface area contributed by atoms with Crippen molar-refractivity contribution in [2.75, 3.05) is 19.0 Å². The highest BCUT2D eigenvalue weighted by Crippen LogP contribution is 2.34. The third kappa shape index (κ3) is 4.18. The minimum absolute atomic E-state index is 0.220. The molecule has 0 fully saturated rings. The van der Waals surface area contributed by atoms with E-state index in [1.807, 2.05) is 0 Å². The van der Waals surface area contributed by atoms with Crippen LogP contribution in [-0.2, 0) is 4.74 Å². The summed E-state index contributed by atoms with van der Waals surface area (Å²) in [6.45, 7) is 3.56. The van der Waals surface area contributed by atoms with Crippen LogP contribution in [0.15, 0.2) is 24.3 Å². The molecule has 25 heavy (non-hydrogen) atoms. The molecule has 2 rings (SSSR count). The molecule has 0 saturated heterocycles. The number of amides is 2. The van der Waals surface area contributed by atoms with E-state index in [9.17, 15) is 14.4 Å². The molecule has 1 aromatic carbocycles. The summed E-state index contributed by atoms with van der Waals surface area (Å²) in [5.74, 6) is -1.32. The normalized spacial score (nSPS) is 10.2. The van der Waals surface area contributed by atoms with Crippen LogP contribution >= 0.6 is 22.9 Å². The zero-order valence-corrected chi connectivity index (χ0v) is 15.5. The molecule has 0 saturated carbocycles. The Morgan fingerprint density at radius 3 is 2.36 bits per heavy atom. The first-order valence-corrected chi connectivity index (χ1v) is 8.68. The summed E-state index contributed by atoms with van der Waals surface area (Å²) in [5.41, 5.74) is 1.10. The number of thiophene rings is 1. The average Bonchev–Trinajstić information content (AvgIpc) is 2.91. The Morgan fingerprint density at radius 1 is 1.16 bits per heavy atom. The number of halogens is 1. The summed E-state index contributed by atoms with van der Waals surface area (Å²) in [4.78, 5) is 36.9. The fraction of sp³-hybridized carbons (Fsp3) is 0.235. The maximum absolute atomic E-state index is 12.4. The summed E-state index contributed by atoms with van der Waals surface area (Å²) in [6.07, 6.45) is 0. The van der Waals surface area contributed by atoms with Crippen molar-refractivity contribution in [2.24, 2.45) is 0 Å². The van der Waals surface area contributed by atoms with E-state index in [1.165, 1.54) is 7.05 Å². The van der Waals surface area contributed by atoms with Crippen LogP contribution in [0.2, 0.25) is 5.02 Å². The highest BCUT2D eigenvalue weighted by Gasteiger charge is 2.26. The van der Waals surface area contributed by atoms with Crippen molar-refractivity contribution < 1.29 is 19.1 Å². The first-order valence-electron chi connectivity index (χ1n) is 7.48. The molecule has 0 bridgehead atoms. The fourth-order valence-electron chi connectivity index (χ4n) is 2.17. The molecule has 0 aliphatic carbocycles. The van der Waals surface area contributed by atoms with Crippen molar-refractivity contribution in [2.45, 2.75) is 13.8 Å². The van der Waals surface area contributed by atoms with Crippen molar-refractivity contribution in [1.82, 2.24) is 5.32 Å². The Labute approximate surface area is 154 Å². The molecular formula is C17H17ClN2O4S. The summed E-state index contributed by atoms with van der Waals surface area (Å²) in [5, 5.41) is 6.01. The van der Waals surface area contributed by atoms with E-state index in [0.29, 0.717) is 21.2 Å². The number of hydrogen-bond donors (Lipinski definition) is 2. The molecule has 6 nitrogen and oxygen atoms in total. The third-order valence-corrected chi connectivity index (χ3v) is 4.83. The van der Waals surface area contributed by atoms with Gasteiger partial charge in [-0.2, -0.15) is 0 Å². The van der Waals surface area contributed by atoms with Gasteiger partial charge >= 0.3 is 5.97 Å². The molecule has 1 heterocycles. The van der Waals surface area contributed by atoms with E-state index in [1.54, 1.807) is 38.1 Å². The number of ether oxygens (including phenoxy) is 1. The molecular weight excluding hydrogens is 364 g/mol. The van der Waals surface area contributed by atoms with Gasteiger partial charge in [0.1, 0.15) is 9.88 Å². The first-order chi connectivity index (χ1) is 11.9. The van der Waals surface area contributed by atoms with Crippen molar-refractivity contribution in [1.29, 1.82) is 0 Å². The second-order valence-electron chi connectivity index (χ2n) is 5.02. The van der Waals surface area contributed by atoms with Crippen LogP contribution in [0.4, 0.5) is 5.00 Å². The summed E-state index contributed by atoms with van der Waals surface area (Å²) in [7, 11) is 1.48. The van der Waals surface area contributed by atoms with Gasteiger partial charge in [0.15, 0.2) is 0 Å². The Balaban J connectivity index is 2.39. The molecule has 2 amide bonds. The van der Waals surface area contributed by atoms with Gasteiger partial charge in [0.05, 0.1) is 12.2 Å². The third-order valence-electron chi connectivity index (χ3n) is 3.40. The van der Waals surface area contributed by atoms with Gasteiger partial charge in [-0.25, -0.2) is 4.79 Å². The highest BCUT2D eigenvalue weighted by atomic mass is 35.5. The Hall–Kier alpha value is -2.38. The number of benzene rings is 1. The van der Waals surface area contributed by atoms with E-state index in [-0.39, 0.29) is 17.0 Å². The maximum Gasteiger partial charge on any atom is 0.348 e. The topological polar surface area (TPSA) is 84.5 Å². The Kier molecular flexibility index (Phi) is 6.17. The van der Waals surface area contributed by atoms with E-state index in [4.69, 9.17) is 16.3 Å². The van der Waals surface area contributed by atoms with Crippen molar-refractivity contribution >= 4 is 45.7 Å². The van der Waals surface area contributed by atoms with Gasteiger partial charge in [0.25, 0.3) is 11.8 Å². The molecule has 0 unspecified atom stereocenters. The van der Waals surface area contributed by atoms with Gasteiger partial charge in [-0.05, 0) is 43.7 Å².